The molecule has 0 aromatic heterocycles. The van der Waals surface area contributed by atoms with Gasteiger partial charge in [-0.3, -0.25) is 0 Å². The Kier molecular flexibility index (Phi) is 9.49. The van der Waals surface area contributed by atoms with Crippen LogP contribution in [0.25, 0.3) is 0 Å². The molecule has 3 fully saturated rings. The number of hydrogen-bond acceptors (Lipinski definition) is 11. The zero-order chi connectivity index (χ0) is 24.4. The van der Waals surface area contributed by atoms with Gasteiger partial charge in [0.15, 0.2) is 12.6 Å². The number of hydrogen-bond donors (Lipinski definition) is 7. The SMILES string of the molecule is CC(C)[C@H]1CC[C@H](C)C[C@@H]1O[C@@H]1O[C@H](CO)[C@@H](O[C@H]2O[C@H](CO)[C@@H](O)[C@H](O)[C@H]2O)[C@H](O)[C@H]1O. The van der Waals surface area contributed by atoms with Gasteiger partial charge in [-0.05, 0) is 30.6 Å². The number of rotatable bonds is 7. The van der Waals surface area contributed by atoms with Crippen molar-refractivity contribution in [3.05, 3.63) is 0 Å². The molecule has 7 N–H and O–H groups in total. The summed E-state index contributed by atoms with van der Waals surface area (Å²) in [6, 6.07) is 0. The predicted octanol–water partition coefficient (Wildman–Crippen LogP) is -1.91. The molecule has 0 aromatic carbocycles. The maximum atomic E-state index is 10.8. The van der Waals surface area contributed by atoms with Crippen molar-refractivity contribution in [2.75, 3.05) is 13.2 Å². The largest absolute Gasteiger partial charge is 0.394 e. The van der Waals surface area contributed by atoms with Gasteiger partial charge in [0.25, 0.3) is 0 Å². The van der Waals surface area contributed by atoms with Crippen molar-refractivity contribution in [1.29, 1.82) is 0 Å². The number of ether oxygens (including phenoxy) is 4. The van der Waals surface area contributed by atoms with E-state index in [1.54, 1.807) is 0 Å². The van der Waals surface area contributed by atoms with Gasteiger partial charge in [-0.1, -0.05) is 27.2 Å². The van der Waals surface area contributed by atoms with E-state index in [0.29, 0.717) is 11.8 Å². The van der Waals surface area contributed by atoms with Crippen LogP contribution in [0.3, 0.4) is 0 Å². The molecule has 2 heterocycles. The first kappa shape index (κ1) is 27.2. The van der Waals surface area contributed by atoms with Gasteiger partial charge in [0.2, 0.25) is 0 Å². The summed E-state index contributed by atoms with van der Waals surface area (Å²) in [6.45, 7) is 5.14. The summed E-state index contributed by atoms with van der Waals surface area (Å²) in [5.41, 5.74) is 0. The van der Waals surface area contributed by atoms with E-state index in [1.165, 1.54) is 0 Å². The Labute approximate surface area is 193 Å². The van der Waals surface area contributed by atoms with E-state index < -0.39 is 74.6 Å². The normalized spacial score (nSPS) is 49.4. The smallest absolute Gasteiger partial charge is 0.187 e. The van der Waals surface area contributed by atoms with Crippen LogP contribution in [-0.4, -0.2) is 116 Å². The molecule has 0 spiro atoms. The lowest BCUT2D eigenvalue weighted by molar-refractivity contribution is -0.365. The van der Waals surface area contributed by atoms with Gasteiger partial charge in [0.1, 0.15) is 48.8 Å². The van der Waals surface area contributed by atoms with Gasteiger partial charge in [-0.15, -0.1) is 0 Å². The molecule has 13 atom stereocenters. The molecule has 11 nitrogen and oxygen atoms in total. The maximum absolute atomic E-state index is 10.8. The van der Waals surface area contributed by atoms with E-state index in [2.05, 4.69) is 20.8 Å². The molecule has 1 aliphatic carbocycles. The van der Waals surface area contributed by atoms with Gasteiger partial charge in [0.05, 0.1) is 19.3 Å². The molecule has 2 aliphatic heterocycles. The van der Waals surface area contributed by atoms with Crippen LogP contribution in [0.1, 0.15) is 40.0 Å². The van der Waals surface area contributed by atoms with Gasteiger partial charge in [-0.2, -0.15) is 0 Å². The molecule has 0 unspecified atom stereocenters. The Bertz CT molecular complexity index is 603. The third-order valence-electron chi connectivity index (χ3n) is 7.23. The molecule has 0 bridgehead atoms. The molecule has 0 amide bonds. The third-order valence-corrected chi connectivity index (χ3v) is 7.23. The first-order valence-electron chi connectivity index (χ1n) is 11.8. The summed E-state index contributed by atoms with van der Waals surface area (Å²) in [5.74, 6) is 1.08. The van der Waals surface area contributed by atoms with E-state index in [1.807, 2.05) is 0 Å². The molecule has 1 saturated carbocycles. The van der Waals surface area contributed by atoms with Crippen molar-refractivity contribution in [3.8, 4) is 0 Å². The van der Waals surface area contributed by atoms with E-state index >= 15 is 0 Å². The molecule has 3 aliphatic rings. The van der Waals surface area contributed by atoms with Crippen LogP contribution in [0.15, 0.2) is 0 Å². The van der Waals surface area contributed by atoms with Gasteiger partial charge < -0.3 is 54.7 Å². The Morgan fingerprint density at radius 3 is 1.94 bits per heavy atom. The quantitative estimate of drug-likeness (QED) is 0.216. The van der Waals surface area contributed by atoms with Crippen LogP contribution in [0.5, 0.6) is 0 Å². The predicted molar refractivity (Wildman–Crippen MR) is 113 cm³/mol. The summed E-state index contributed by atoms with van der Waals surface area (Å²) in [7, 11) is 0. The molecule has 0 aromatic rings. The zero-order valence-corrected chi connectivity index (χ0v) is 19.4. The highest BCUT2D eigenvalue weighted by atomic mass is 16.7. The fraction of sp³-hybridized carbons (Fsp3) is 1.00. The van der Waals surface area contributed by atoms with Gasteiger partial charge >= 0.3 is 0 Å². The fourth-order valence-corrected chi connectivity index (χ4v) is 5.11. The molecule has 3 rings (SSSR count). The van der Waals surface area contributed by atoms with Crippen molar-refractivity contribution < 1.29 is 54.7 Å². The molecular formula is C22H40O11. The van der Waals surface area contributed by atoms with Gasteiger partial charge in [0, 0.05) is 0 Å². The Balaban J connectivity index is 1.70. The van der Waals surface area contributed by atoms with Gasteiger partial charge in [-0.25, -0.2) is 0 Å². The molecule has 2 saturated heterocycles. The molecule has 194 valence electrons. The summed E-state index contributed by atoms with van der Waals surface area (Å²) in [6.07, 6.45) is -11.7. The second kappa shape index (κ2) is 11.5. The molecule has 33 heavy (non-hydrogen) atoms. The minimum atomic E-state index is -1.70. The van der Waals surface area contributed by atoms with Crippen molar-refractivity contribution in [2.24, 2.45) is 17.8 Å². The Hall–Kier alpha value is -0.440. The summed E-state index contributed by atoms with van der Waals surface area (Å²) >= 11 is 0. The minimum absolute atomic E-state index is 0.178. The highest BCUT2D eigenvalue weighted by Gasteiger charge is 2.51. The second-order valence-electron chi connectivity index (χ2n) is 10.0. The van der Waals surface area contributed by atoms with Crippen molar-refractivity contribution in [3.63, 3.8) is 0 Å². The summed E-state index contributed by atoms with van der Waals surface area (Å²) < 4.78 is 22.8. The van der Waals surface area contributed by atoms with Crippen molar-refractivity contribution in [1.82, 2.24) is 0 Å². The van der Waals surface area contributed by atoms with E-state index in [4.69, 9.17) is 18.9 Å². The Morgan fingerprint density at radius 1 is 0.758 bits per heavy atom. The Morgan fingerprint density at radius 2 is 1.33 bits per heavy atom. The highest BCUT2D eigenvalue weighted by molar-refractivity contribution is 4.94. The lowest BCUT2D eigenvalue weighted by Crippen LogP contribution is -2.65. The number of aliphatic hydroxyl groups is 7. The first-order chi connectivity index (χ1) is 15.6. The van der Waals surface area contributed by atoms with Crippen LogP contribution in [0, 0.1) is 17.8 Å². The number of aliphatic hydroxyl groups excluding tert-OH is 7. The monoisotopic (exact) mass is 480 g/mol. The summed E-state index contributed by atoms with van der Waals surface area (Å²) in [4.78, 5) is 0. The second-order valence-corrected chi connectivity index (χ2v) is 10.0. The standard InChI is InChI=1S/C22H40O11/c1-9(2)11-5-4-10(3)6-12(11)30-21-19(29)17(27)20(14(8-24)32-21)33-22-18(28)16(26)15(25)13(7-23)31-22/h9-29H,4-8H2,1-3H3/t10-,11+,12-,13+,14+,15+,16-,17+,18+,19+,20+,21+,22+/m0/s1. The molecular weight excluding hydrogens is 440 g/mol. The minimum Gasteiger partial charge on any atom is -0.394 e. The van der Waals surface area contributed by atoms with Crippen molar-refractivity contribution >= 4 is 0 Å². The van der Waals surface area contributed by atoms with Crippen LogP contribution in [0.2, 0.25) is 0 Å². The summed E-state index contributed by atoms with van der Waals surface area (Å²) in [5, 5.41) is 70.9. The van der Waals surface area contributed by atoms with E-state index in [-0.39, 0.29) is 12.0 Å². The highest BCUT2D eigenvalue weighted by Crippen LogP contribution is 2.38. The lowest BCUT2D eigenvalue weighted by Gasteiger charge is -2.47. The average molecular weight is 481 g/mol. The lowest BCUT2D eigenvalue weighted by atomic mass is 9.75. The topological polar surface area (TPSA) is 179 Å². The zero-order valence-electron chi connectivity index (χ0n) is 19.4. The van der Waals surface area contributed by atoms with Crippen LogP contribution in [0.4, 0.5) is 0 Å². The third kappa shape index (κ3) is 5.87. The fourth-order valence-electron chi connectivity index (χ4n) is 5.11. The van der Waals surface area contributed by atoms with Crippen molar-refractivity contribution in [2.45, 2.75) is 108 Å². The molecule has 0 radical (unpaired) electrons. The average Bonchev–Trinajstić information content (AvgIpc) is 2.78. The maximum Gasteiger partial charge on any atom is 0.187 e. The van der Waals surface area contributed by atoms with Crippen LogP contribution < -0.4 is 0 Å². The molecule has 11 heteroatoms. The van der Waals surface area contributed by atoms with Crippen LogP contribution >= 0.6 is 0 Å². The van der Waals surface area contributed by atoms with E-state index in [9.17, 15) is 35.7 Å². The van der Waals surface area contributed by atoms with Crippen LogP contribution in [-0.2, 0) is 18.9 Å². The first-order valence-corrected chi connectivity index (χ1v) is 11.8. The van der Waals surface area contributed by atoms with E-state index in [0.717, 1.165) is 19.3 Å².